The Morgan fingerprint density at radius 3 is 2.63 bits per heavy atom. The minimum Gasteiger partial charge on any atom is -0.491 e. The second-order valence-corrected chi connectivity index (χ2v) is 7.03. The number of rotatable bonds is 7. The molecule has 1 aromatic rings. The molecule has 1 heterocycles. The molecule has 0 saturated carbocycles. The molecule has 0 aromatic heterocycles. The summed E-state index contributed by atoms with van der Waals surface area (Å²) in [6.45, 7) is 9.49. The van der Waals surface area contributed by atoms with Gasteiger partial charge in [0.05, 0.1) is 19.1 Å². The van der Waals surface area contributed by atoms with Crippen LogP contribution >= 0.6 is 0 Å². The Bertz CT molecular complexity index is 623. The number of benzene rings is 1. The minimum absolute atomic E-state index is 0.00942. The monoisotopic (exact) mass is 375 g/mol. The molecule has 2 rings (SSSR count). The number of ether oxygens (including phenoxy) is 2. The second-order valence-electron chi connectivity index (χ2n) is 7.03. The molecule has 0 bridgehead atoms. The van der Waals surface area contributed by atoms with Gasteiger partial charge in [0, 0.05) is 20.1 Å². The van der Waals surface area contributed by atoms with E-state index >= 15 is 0 Å². The Kier molecular flexibility index (Phi) is 8.43. The molecule has 1 aliphatic rings. The molecule has 0 radical (unpaired) electrons. The van der Waals surface area contributed by atoms with Gasteiger partial charge in [0.1, 0.15) is 12.4 Å². The van der Waals surface area contributed by atoms with Gasteiger partial charge in [0.2, 0.25) is 0 Å². The van der Waals surface area contributed by atoms with Crippen LogP contribution < -0.4 is 10.1 Å². The summed E-state index contributed by atoms with van der Waals surface area (Å²) >= 11 is 0. The number of carbonyl (C=O) groups is 1. The third-order valence-corrected chi connectivity index (χ3v) is 4.81. The van der Waals surface area contributed by atoms with Gasteiger partial charge in [0.15, 0.2) is 5.96 Å². The number of likely N-dealkylation sites (tertiary alicyclic amines) is 1. The number of carbonyl (C=O) groups excluding carboxylic acids is 1. The lowest BCUT2D eigenvalue weighted by Gasteiger charge is -2.33. The summed E-state index contributed by atoms with van der Waals surface area (Å²) < 4.78 is 11.1. The van der Waals surface area contributed by atoms with Crippen molar-refractivity contribution in [1.82, 2.24) is 10.2 Å². The molecule has 0 atom stereocenters. The topological polar surface area (TPSA) is 63.2 Å². The predicted molar refractivity (Wildman–Crippen MR) is 108 cm³/mol. The zero-order valence-corrected chi connectivity index (χ0v) is 17.0. The molecular formula is C21H33N3O3. The number of hydrogen-bond acceptors (Lipinski definition) is 4. The zero-order valence-electron chi connectivity index (χ0n) is 17.0. The van der Waals surface area contributed by atoms with Crippen molar-refractivity contribution >= 4 is 11.9 Å². The number of nitrogens with zero attached hydrogens (tertiary/aromatic N) is 2. The van der Waals surface area contributed by atoms with Gasteiger partial charge >= 0.3 is 5.97 Å². The maximum atomic E-state index is 11.9. The summed E-state index contributed by atoms with van der Waals surface area (Å²) in [7, 11) is 1.79. The van der Waals surface area contributed by atoms with Gasteiger partial charge in [-0.25, -0.2) is 0 Å². The Hall–Kier alpha value is -2.24. The quantitative estimate of drug-likeness (QED) is 0.343. The molecule has 1 N–H and O–H groups in total. The molecule has 6 heteroatoms. The maximum Gasteiger partial charge on any atom is 0.309 e. The molecule has 27 heavy (non-hydrogen) atoms. The minimum atomic E-state index is -0.0719. The van der Waals surface area contributed by atoms with E-state index in [0.717, 1.165) is 37.6 Å². The van der Waals surface area contributed by atoms with Gasteiger partial charge in [-0.3, -0.25) is 9.79 Å². The van der Waals surface area contributed by atoms with Crippen molar-refractivity contribution < 1.29 is 14.3 Å². The summed E-state index contributed by atoms with van der Waals surface area (Å²) in [6.07, 6.45) is 1.61. The Labute approximate surface area is 162 Å². The molecule has 0 amide bonds. The molecule has 6 nitrogen and oxygen atoms in total. The van der Waals surface area contributed by atoms with Crippen molar-refractivity contribution in [2.45, 2.75) is 39.5 Å². The van der Waals surface area contributed by atoms with Crippen molar-refractivity contribution in [3.8, 4) is 5.75 Å². The van der Waals surface area contributed by atoms with Crippen LogP contribution in [-0.4, -0.2) is 56.7 Å². The number of piperidine rings is 1. The van der Waals surface area contributed by atoms with Crippen LogP contribution in [-0.2, 0) is 9.53 Å². The highest BCUT2D eigenvalue weighted by Crippen LogP contribution is 2.25. The van der Waals surface area contributed by atoms with Gasteiger partial charge < -0.3 is 19.7 Å². The second kappa shape index (κ2) is 10.8. The first kappa shape index (κ1) is 21.1. The average molecular weight is 376 g/mol. The Morgan fingerprint density at radius 2 is 2.00 bits per heavy atom. The van der Waals surface area contributed by atoms with Gasteiger partial charge in [-0.2, -0.15) is 0 Å². The van der Waals surface area contributed by atoms with E-state index in [1.807, 2.05) is 25.1 Å². The van der Waals surface area contributed by atoms with Gasteiger partial charge in [-0.15, -0.1) is 0 Å². The standard InChI is InChI=1S/C21H33N3O3/c1-5-26-20(25)17-10-13-24(14-11-17)21(22-4)23-12-15-27-19-9-7-6-8-18(19)16(2)3/h6-9,16-17H,5,10-15H2,1-4H3,(H,22,23). The lowest BCUT2D eigenvalue weighted by Crippen LogP contribution is -2.47. The summed E-state index contributed by atoms with van der Waals surface area (Å²) in [4.78, 5) is 18.4. The van der Waals surface area contributed by atoms with E-state index in [1.54, 1.807) is 7.05 Å². The largest absolute Gasteiger partial charge is 0.491 e. The van der Waals surface area contributed by atoms with E-state index in [4.69, 9.17) is 9.47 Å². The number of nitrogens with one attached hydrogen (secondary N) is 1. The predicted octanol–water partition coefficient (Wildman–Crippen LogP) is 3.04. The smallest absolute Gasteiger partial charge is 0.309 e. The van der Waals surface area contributed by atoms with Crippen molar-refractivity contribution in [2.75, 3.05) is 39.9 Å². The van der Waals surface area contributed by atoms with Crippen LogP contribution in [0.3, 0.4) is 0 Å². The van der Waals surface area contributed by atoms with Gasteiger partial charge in [-0.05, 0) is 37.3 Å². The normalized spacial score (nSPS) is 15.7. The molecule has 1 aromatic carbocycles. The molecule has 1 saturated heterocycles. The molecule has 0 unspecified atom stereocenters. The van der Waals surface area contributed by atoms with Crippen LogP contribution in [0.5, 0.6) is 5.75 Å². The highest BCUT2D eigenvalue weighted by atomic mass is 16.5. The lowest BCUT2D eigenvalue weighted by atomic mass is 9.97. The van der Waals surface area contributed by atoms with Crippen LogP contribution in [0.2, 0.25) is 0 Å². The number of para-hydroxylation sites is 1. The first-order valence-electron chi connectivity index (χ1n) is 9.90. The molecule has 0 aliphatic carbocycles. The van der Waals surface area contributed by atoms with Crippen LogP contribution in [0, 0.1) is 5.92 Å². The van der Waals surface area contributed by atoms with Crippen LogP contribution in [0.25, 0.3) is 0 Å². The van der Waals surface area contributed by atoms with E-state index < -0.39 is 0 Å². The number of guanidine groups is 1. The third-order valence-electron chi connectivity index (χ3n) is 4.81. The zero-order chi connectivity index (χ0) is 19.6. The fourth-order valence-corrected chi connectivity index (χ4v) is 3.33. The SMILES string of the molecule is CCOC(=O)C1CCN(C(=NC)NCCOc2ccccc2C(C)C)CC1. The van der Waals surface area contributed by atoms with Crippen LogP contribution in [0.4, 0.5) is 0 Å². The molecule has 150 valence electrons. The van der Waals surface area contributed by atoms with Crippen molar-refractivity contribution in [2.24, 2.45) is 10.9 Å². The molecule has 1 aliphatic heterocycles. The summed E-state index contributed by atoms with van der Waals surface area (Å²) in [6, 6.07) is 8.17. The molecule has 0 spiro atoms. The lowest BCUT2D eigenvalue weighted by molar-refractivity contribution is -0.149. The third kappa shape index (κ3) is 6.15. The number of hydrogen-bond donors (Lipinski definition) is 1. The van der Waals surface area contributed by atoms with E-state index in [1.165, 1.54) is 5.56 Å². The van der Waals surface area contributed by atoms with E-state index in [2.05, 4.69) is 35.1 Å². The Balaban J connectivity index is 1.76. The number of aliphatic imine (C=N–C) groups is 1. The van der Waals surface area contributed by atoms with Crippen molar-refractivity contribution in [1.29, 1.82) is 0 Å². The summed E-state index contributed by atoms with van der Waals surface area (Å²) in [5.41, 5.74) is 1.22. The fourth-order valence-electron chi connectivity index (χ4n) is 3.33. The van der Waals surface area contributed by atoms with E-state index in [9.17, 15) is 4.79 Å². The summed E-state index contributed by atoms with van der Waals surface area (Å²) in [5.74, 6) is 2.17. The van der Waals surface area contributed by atoms with Gasteiger partial charge in [0.25, 0.3) is 0 Å². The highest BCUT2D eigenvalue weighted by molar-refractivity contribution is 5.80. The maximum absolute atomic E-state index is 11.9. The highest BCUT2D eigenvalue weighted by Gasteiger charge is 2.27. The first-order chi connectivity index (χ1) is 13.1. The van der Waals surface area contributed by atoms with Crippen molar-refractivity contribution in [3.63, 3.8) is 0 Å². The molecule has 1 fully saturated rings. The Morgan fingerprint density at radius 1 is 1.30 bits per heavy atom. The first-order valence-corrected chi connectivity index (χ1v) is 9.90. The van der Waals surface area contributed by atoms with Crippen LogP contribution in [0.15, 0.2) is 29.3 Å². The van der Waals surface area contributed by atoms with E-state index in [0.29, 0.717) is 25.7 Å². The van der Waals surface area contributed by atoms with Gasteiger partial charge in [-0.1, -0.05) is 32.0 Å². The summed E-state index contributed by atoms with van der Waals surface area (Å²) in [5, 5.41) is 3.36. The molecular weight excluding hydrogens is 342 g/mol. The van der Waals surface area contributed by atoms with Crippen molar-refractivity contribution in [3.05, 3.63) is 29.8 Å². The number of esters is 1. The average Bonchev–Trinajstić information content (AvgIpc) is 2.68. The fraction of sp³-hybridized carbons (Fsp3) is 0.619. The van der Waals surface area contributed by atoms with E-state index in [-0.39, 0.29) is 11.9 Å². The van der Waals surface area contributed by atoms with Crippen LogP contribution in [0.1, 0.15) is 45.1 Å².